The molecule has 0 fully saturated rings. The van der Waals surface area contributed by atoms with Crippen molar-refractivity contribution >= 4 is 11.6 Å². The average molecular weight is 279 g/mol. The topological polar surface area (TPSA) is 83.3 Å². The highest BCUT2D eigenvalue weighted by Gasteiger charge is 2.09. The molecule has 1 amide bonds. The lowest BCUT2D eigenvalue weighted by Gasteiger charge is -2.20. The predicted octanol–water partition coefficient (Wildman–Crippen LogP) is 1.22. The summed E-state index contributed by atoms with van der Waals surface area (Å²) in [6.45, 7) is 6.05. The number of hydrogen-bond donors (Lipinski definition) is 3. The van der Waals surface area contributed by atoms with E-state index in [1.165, 1.54) is 6.20 Å². The van der Waals surface area contributed by atoms with Crippen LogP contribution < -0.4 is 16.6 Å². The summed E-state index contributed by atoms with van der Waals surface area (Å²) in [6, 6.07) is 2.21. The van der Waals surface area contributed by atoms with E-state index in [4.69, 9.17) is 5.84 Å². The number of unbranched alkanes of at least 4 members (excludes halogenated alkanes) is 1. The van der Waals surface area contributed by atoms with E-state index in [1.807, 2.05) is 0 Å². The first-order valence-electron chi connectivity index (χ1n) is 6.95. The summed E-state index contributed by atoms with van der Waals surface area (Å²) in [5.74, 6) is 5.22. The van der Waals surface area contributed by atoms with Gasteiger partial charge in [0.2, 0.25) is 0 Å². The van der Waals surface area contributed by atoms with Crippen LogP contribution in [0.4, 0.5) is 5.69 Å². The molecule has 0 atom stereocenters. The maximum Gasteiger partial charge on any atom is 0.253 e. The quantitative estimate of drug-likeness (QED) is 0.378. The van der Waals surface area contributed by atoms with Crippen molar-refractivity contribution in [1.82, 2.24) is 15.2 Å². The smallest absolute Gasteiger partial charge is 0.253 e. The summed E-state index contributed by atoms with van der Waals surface area (Å²) >= 11 is 0. The molecular weight excluding hydrogens is 254 g/mol. The van der Waals surface area contributed by atoms with Crippen LogP contribution in [0.3, 0.4) is 0 Å². The number of rotatable bonds is 8. The van der Waals surface area contributed by atoms with Crippen molar-refractivity contribution in [1.29, 1.82) is 0 Å². The lowest BCUT2D eigenvalue weighted by atomic mass is 10.2. The third-order valence-electron chi connectivity index (χ3n) is 3.33. The van der Waals surface area contributed by atoms with Crippen LogP contribution in [-0.4, -0.2) is 42.0 Å². The van der Waals surface area contributed by atoms with Gasteiger partial charge in [-0.25, -0.2) is 0 Å². The molecule has 112 valence electrons. The van der Waals surface area contributed by atoms with Crippen molar-refractivity contribution in [3.8, 4) is 0 Å². The number of amides is 1. The Kier molecular flexibility index (Phi) is 6.97. The minimum Gasteiger partial charge on any atom is -0.352 e. The summed E-state index contributed by atoms with van der Waals surface area (Å²) in [5, 5.41) is 2.90. The second-order valence-corrected chi connectivity index (χ2v) is 5.10. The van der Waals surface area contributed by atoms with Crippen molar-refractivity contribution in [3.63, 3.8) is 0 Å². The number of hydrazine groups is 1. The van der Waals surface area contributed by atoms with Gasteiger partial charge in [-0.05, 0) is 46.3 Å². The third kappa shape index (κ3) is 5.14. The summed E-state index contributed by atoms with van der Waals surface area (Å²) in [7, 11) is 2.11. The molecule has 0 radical (unpaired) electrons. The molecule has 1 rings (SSSR count). The van der Waals surface area contributed by atoms with Gasteiger partial charge in [0.25, 0.3) is 5.91 Å². The van der Waals surface area contributed by atoms with Gasteiger partial charge in [0.05, 0.1) is 17.4 Å². The molecule has 6 heteroatoms. The van der Waals surface area contributed by atoms with E-state index in [0.29, 0.717) is 23.8 Å². The predicted molar refractivity (Wildman–Crippen MR) is 81.4 cm³/mol. The fourth-order valence-electron chi connectivity index (χ4n) is 1.75. The molecule has 0 aliphatic carbocycles. The number of nitrogens with two attached hydrogens (primary N) is 1. The van der Waals surface area contributed by atoms with Crippen LogP contribution in [0.1, 0.15) is 37.0 Å². The zero-order valence-corrected chi connectivity index (χ0v) is 12.5. The Bertz CT molecular complexity index is 422. The zero-order valence-electron chi connectivity index (χ0n) is 12.5. The number of pyridine rings is 1. The summed E-state index contributed by atoms with van der Waals surface area (Å²) < 4.78 is 0. The van der Waals surface area contributed by atoms with E-state index in [9.17, 15) is 4.79 Å². The first-order chi connectivity index (χ1) is 9.56. The van der Waals surface area contributed by atoms with E-state index < -0.39 is 0 Å². The number of nitrogen functional groups attached to an aromatic ring is 1. The number of carbonyl (C=O) groups is 1. The van der Waals surface area contributed by atoms with Gasteiger partial charge in [0.1, 0.15) is 0 Å². The molecule has 6 nitrogen and oxygen atoms in total. The van der Waals surface area contributed by atoms with Crippen LogP contribution in [-0.2, 0) is 0 Å². The van der Waals surface area contributed by atoms with Crippen molar-refractivity contribution in [2.24, 2.45) is 5.84 Å². The van der Waals surface area contributed by atoms with Gasteiger partial charge in [0, 0.05) is 18.8 Å². The van der Waals surface area contributed by atoms with Crippen LogP contribution in [0.5, 0.6) is 0 Å². The number of aromatic nitrogens is 1. The van der Waals surface area contributed by atoms with E-state index in [0.717, 1.165) is 19.4 Å². The van der Waals surface area contributed by atoms with Crippen molar-refractivity contribution in [2.75, 3.05) is 25.6 Å². The van der Waals surface area contributed by atoms with Crippen molar-refractivity contribution in [3.05, 3.63) is 24.0 Å². The summed E-state index contributed by atoms with van der Waals surface area (Å²) in [4.78, 5) is 18.2. The third-order valence-corrected chi connectivity index (χ3v) is 3.33. The monoisotopic (exact) mass is 279 g/mol. The molecule has 0 saturated carbocycles. The van der Waals surface area contributed by atoms with E-state index in [2.05, 4.69) is 41.5 Å². The minimum absolute atomic E-state index is 0.127. The van der Waals surface area contributed by atoms with Crippen LogP contribution in [0.25, 0.3) is 0 Å². The molecule has 0 spiro atoms. The Morgan fingerprint density at radius 1 is 1.45 bits per heavy atom. The second-order valence-electron chi connectivity index (χ2n) is 5.10. The highest BCUT2D eigenvalue weighted by molar-refractivity contribution is 5.99. The molecule has 0 aromatic carbocycles. The number of hydrogen-bond acceptors (Lipinski definition) is 5. The lowest BCUT2D eigenvalue weighted by Crippen LogP contribution is -2.29. The molecule has 1 aromatic rings. The summed E-state index contributed by atoms with van der Waals surface area (Å²) in [5.41, 5.74) is 3.52. The minimum atomic E-state index is -0.127. The van der Waals surface area contributed by atoms with Gasteiger partial charge in [0.15, 0.2) is 0 Å². The highest BCUT2D eigenvalue weighted by atomic mass is 16.1. The Labute approximate surface area is 120 Å². The fourth-order valence-corrected chi connectivity index (χ4v) is 1.75. The maximum atomic E-state index is 12.0. The fraction of sp³-hybridized carbons (Fsp3) is 0.571. The van der Waals surface area contributed by atoms with Gasteiger partial charge < -0.3 is 15.6 Å². The molecule has 20 heavy (non-hydrogen) atoms. The van der Waals surface area contributed by atoms with Crippen molar-refractivity contribution < 1.29 is 4.79 Å². The molecule has 4 N–H and O–H groups in total. The number of nitrogens with zero attached hydrogens (tertiary/aromatic N) is 2. The molecule has 1 heterocycles. The highest BCUT2D eigenvalue weighted by Crippen LogP contribution is 2.11. The van der Waals surface area contributed by atoms with Gasteiger partial charge in [-0.1, -0.05) is 0 Å². The Hall–Kier alpha value is -1.66. The largest absolute Gasteiger partial charge is 0.352 e. The molecule has 0 aliphatic heterocycles. The van der Waals surface area contributed by atoms with Crippen LogP contribution in [0, 0.1) is 0 Å². The molecule has 0 saturated heterocycles. The number of anilines is 1. The van der Waals surface area contributed by atoms with E-state index >= 15 is 0 Å². The van der Waals surface area contributed by atoms with Gasteiger partial charge in [-0.3, -0.25) is 15.6 Å². The van der Waals surface area contributed by atoms with Gasteiger partial charge in [-0.15, -0.1) is 0 Å². The first kappa shape index (κ1) is 16.4. The Balaban J connectivity index is 2.30. The Morgan fingerprint density at radius 3 is 2.85 bits per heavy atom. The molecular formula is C14H25N5O. The average Bonchev–Trinajstić information content (AvgIpc) is 2.46. The lowest BCUT2D eigenvalue weighted by molar-refractivity contribution is 0.0953. The first-order valence-corrected chi connectivity index (χ1v) is 6.95. The summed E-state index contributed by atoms with van der Waals surface area (Å²) in [6.07, 6.45) is 5.13. The SMILES string of the molecule is CC(C)N(C)CCCCNC(=O)c1ccncc1NN. The van der Waals surface area contributed by atoms with Crippen LogP contribution >= 0.6 is 0 Å². The standard InChI is InChI=1S/C14H25N5O/c1-11(2)19(3)9-5-4-7-17-14(20)12-6-8-16-10-13(12)18-15/h6,8,10-11,18H,4-5,7,9,15H2,1-3H3,(H,17,20). The second kappa shape index (κ2) is 8.50. The van der Waals surface area contributed by atoms with Gasteiger partial charge >= 0.3 is 0 Å². The van der Waals surface area contributed by atoms with Crippen molar-refractivity contribution in [2.45, 2.75) is 32.7 Å². The van der Waals surface area contributed by atoms with Gasteiger partial charge in [-0.2, -0.15) is 0 Å². The van der Waals surface area contributed by atoms with E-state index in [1.54, 1.807) is 12.3 Å². The normalized spacial score (nSPS) is 10.9. The molecule has 0 aliphatic rings. The number of carbonyl (C=O) groups excluding carboxylic acids is 1. The molecule has 0 bridgehead atoms. The van der Waals surface area contributed by atoms with E-state index in [-0.39, 0.29) is 5.91 Å². The van der Waals surface area contributed by atoms with Crippen LogP contribution in [0.2, 0.25) is 0 Å². The molecule has 0 unspecified atom stereocenters. The van der Waals surface area contributed by atoms with Crippen LogP contribution in [0.15, 0.2) is 18.5 Å². The Morgan fingerprint density at radius 2 is 2.20 bits per heavy atom. The number of nitrogens with one attached hydrogen (secondary N) is 2. The zero-order chi connectivity index (χ0) is 15.0. The maximum absolute atomic E-state index is 12.0. The molecule has 1 aromatic heterocycles.